The van der Waals surface area contributed by atoms with Gasteiger partial charge in [-0.15, -0.1) is 0 Å². The number of amides is 2. The van der Waals surface area contributed by atoms with E-state index in [1.807, 2.05) is 43.1 Å². The molecule has 3 atom stereocenters. The highest BCUT2D eigenvalue weighted by atomic mass is 16.2. The second kappa shape index (κ2) is 8.48. The van der Waals surface area contributed by atoms with E-state index in [9.17, 15) is 9.59 Å². The molecule has 1 fully saturated rings. The molecule has 5 heteroatoms. The Labute approximate surface area is 151 Å². The van der Waals surface area contributed by atoms with Crippen LogP contribution < -0.4 is 5.32 Å². The number of benzene rings is 1. The third kappa shape index (κ3) is 5.30. The van der Waals surface area contributed by atoms with Gasteiger partial charge in [0.15, 0.2) is 0 Å². The van der Waals surface area contributed by atoms with E-state index in [2.05, 4.69) is 24.2 Å². The number of rotatable bonds is 5. The topological polar surface area (TPSA) is 52.7 Å². The van der Waals surface area contributed by atoms with Crippen molar-refractivity contribution in [2.75, 3.05) is 20.6 Å². The Morgan fingerprint density at radius 2 is 1.96 bits per heavy atom. The van der Waals surface area contributed by atoms with Crippen LogP contribution in [0, 0.1) is 6.92 Å². The molecule has 0 aromatic heterocycles. The third-order valence-electron chi connectivity index (χ3n) is 5.36. The van der Waals surface area contributed by atoms with Crippen molar-refractivity contribution < 1.29 is 9.59 Å². The van der Waals surface area contributed by atoms with Crippen LogP contribution in [0.3, 0.4) is 0 Å². The summed E-state index contributed by atoms with van der Waals surface area (Å²) < 4.78 is 0. The molecule has 0 saturated carbocycles. The molecule has 1 aromatic rings. The van der Waals surface area contributed by atoms with Gasteiger partial charge in [0.05, 0.1) is 12.5 Å². The van der Waals surface area contributed by atoms with Gasteiger partial charge in [0.2, 0.25) is 11.8 Å². The molecular formula is C20H31N3O2. The monoisotopic (exact) mass is 345 g/mol. The molecule has 0 radical (unpaired) electrons. The summed E-state index contributed by atoms with van der Waals surface area (Å²) in [6.07, 6.45) is 2.28. The quantitative estimate of drug-likeness (QED) is 0.892. The maximum absolute atomic E-state index is 12.8. The first-order valence-electron chi connectivity index (χ1n) is 9.07. The Morgan fingerprint density at radius 1 is 1.32 bits per heavy atom. The minimum atomic E-state index is -0.281. The van der Waals surface area contributed by atoms with Crippen LogP contribution in [0.15, 0.2) is 24.3 Å². The fourth-order valence-electron chi connectivity index (χ4n) is 3.43. The summed E-state index contributed by atoms with van der Waals surface area (Å²) >= 11 is 0. The van der Waals surface area contributed by atoms with Gasteiger partial charge in [0.25, 0.3) is 0 Å². The number of piperidine rings is 1. The second-order valence-corrected chi connectivity index (χ2v) is 7.38. The maximum Gasteiger partial charge on any atom is 0.224 e. The van der Waals surface area contributed by atoms with E-state index in [1.54, 1.807) is 0 Å². The number of nitrogens with one attached hydrogen (secondary N) is 1. The summed E-state index contributed by atoms with van der Waals surface area (Å²) in [7, 11) is 4.03. The van der Waals surface area contributed by atoms with Crippen LogP contribution in [0.5, 0.6) is 0 Å². The number of carbonyl (C=O) groups is 2. The minimum Gasteiger partial charge on any atom is -0.349 e. The fraction of sp³-hybridized carbons (Fsp3) is 0.600. The van der Waals surface area contributed by atoms with Crippen molar-refractivity contribution in [3.05, 3.63) is 35.4 Å². The van der Waals surface area contributed by atoms with Crippen LogP contribution in [0.1, 0.15) is 50.3 Å². The standard InChI is InChI=1S/C20H31N3O2/c1-14-6-8-17(9-7-14)19(21-16(3)24)13-20(25)23(5)18-10-11-22(4)15(2)12-18/h6-9,15,18-19H,10-13H2,1-5H3,(H,21,24)/t15-,18+,19-/m1/s1. The number of carbonyl (C=O) groups excluding carboxylic acids is 2. The van der Waals surface area contributed by atoms with Gasteiger partial charge in [-0.3, -0.25) is 9.59 Å². The van der Waals surface area contributed by atoms with E-state index in [4.69, 9.17) is 0 Å². The lowest BCUT2D eigenvalue weighted by molar-refractivity contribution is -0.134. The van der Waals surface area contributed by atoms with Crippen molar-refractivity contribution >= 4 is 11.8 Å². The van der Waals surface area contributed by atoms with Crippen molar-refractivity contribution in [1.29, 1.82) is 0 Å². The fourth-order valence-corrected chi connectivity index (χ4v) is 3.43. The van der Waals surface area contributed by atoms with E-state index < -0.39 is 0 Å². The molecule has 1 aliphatic rings. The Morgan fingerprint density at radius 3 is 2.52 bits per heavy atom. The molecule has 1 heterocycles. The Hall–Kier alpha value is -1.88. The van der Waals surface area contributed by atoms with E-state index in [1.165, 1.54) is 6.92 Å². The van der Waals surface area contributed by atoms with Gasteiger partial charge in [0, 0.05) is 32.6 Å². The third-order valence-corrected chi connectivity index (χ3v) is 5.36. The van der Waals surface area contributed by atoms with Gasteiger partial charge in [-0.2, -0.15) is 0 Å². The highest BCUT2D eigenvalue weighted by molar-refractivity contribution is 5.79. The summed E-state index contributed by atoms with van der Waals surface area (Å²) in [5.41, 5.74) is 2.13. The van der Waals surface area contributed by atoms with Crippen LogP contribution in [-0.4, -0.2) is 54.3 Å². The normalized spacial score (nSPS) is 22.3. The van der Waals surface area contributed by atoms with Gasteiger partial charge in [-0.1, -0.05) is 29.8 Å². The Kier molecular flexibility index (Phi) is 6.59. The lowest BCUT2D eigenvalue weighted by atomic mass is 9.96. The first-order chi connectivity index (χ1) is 11.8. The van der Waals surface area contributed by atoms with Gasteiger partial charge < -0.3 is 15.1 Å². The summed E-state index contributed by atoms with van der Waals surface area (Å²) in [5.74, 6) is -0.0324. The van der Waals surface area contributed by atoms with Crippen molar-refractivity contribution in [3.63, 3.8) is 0 Å². The lowest BCUT2D eigenvalue weighted by Crippen LogP contribution is -2.48. The molecule has 1 aromatic carbocycles. The predicted molar refractivity (Wildman–Crippen MR) is 100 cm³/mol. The van der Waals surface area contributed by atoms with Crippen molar-refractivity contribution in [1.82, 2.24) is 15.1 Å². The van der Waals surface area contributed by atoms with Gasteiger partial charge in [-0.05, 0) is 39.3 Å². The molecule has 2 rings (SSSR count). The molecule has 2 amide bonds. The lowest BCUT2D eigenvalue weighted by Gasteiger charge is -2.39. The number of aryl methyl sites for hydroxylation is 1. The smallest absolute Gasteiger partial charge is 0.224 e. The van der Waals surface area contributed by atoms with Crippen LogP contribution in [-0.2, 0) is 9.59 Å². The van der Waals surface area contributed by atoms with E-state index >= 15 is 0 Å². The van der Waals surface area contributed by atoms with Gasteiger partial charge in [-0.25, -0.2) is 0 Å². The molecule has 1 N–H and O–H groups in total. The molecule has 25 heavy (non-hydrogen) atoms. The SMILES string of the molecule is CC(=O)N[C@H](CC(=O)N(C)[C@H]1CCN(C)[C@H](C)C1)c1ccc(C)cc1. The Bertz CT molecular complexity index is 599. The molecule has 138 valence electrons. The zero-order valence-corrected chi connectivity index (χ0v) is 16.1. The molecule has 0 unspecified atom stereocenters. The highest BCUT2D eigenvalue weighted by Gasteiger charge is 2.29. The van der Waals surface area contributed by atoms with E-state index in [0.717, 1.165) is 30.5 Å². The first kappa shape index (κ1) is 19.4. The summed E-state index contributed by atoms with van der Waals surface area (Å²) in [6.45, 7) is 6.73. The average molecular weight is 345 g/mol. The zero-order valence-electron chi connectivity index (χ0n) is 16.1. The van der Waals surface area contributed by atoms with Crippen molar-refractivity contribution in [3.8, 4) is 0 Å². The molecule has 1 aliphatic heterocycles. The summed E-state index contributed by atoms with van der Waals surface area (Å²) in [4.78, 5) is 28.6. The molecule has 1 saturated heterocycles. The summed E-state index contributed by atoms with van der Waals surface area (Å²) in [5, 5.41) is 2.93. The highest BCUT2D eigenvalue weighted by Crippen LogP contribution is 2.23. The van der Waals surface area contributed by atoms with Crippen LogP contribution >= 0.6 is 0 Å². The number of nitrogens with zero attached hydrogens (tertiary/aromatic N) is 2. The number of likely N-dealkylation sites (tertiary alicyclic amines) is 1. The van der Waals surface area contributed by atoms with Crippen LogP contribution in [0.4, 0.5) is 0 Å². The average Bonchev–Trinajstić information content (AvgIpc) is 2.56. The molecule has 0 aliphatic carbocycles. The van der Waals surface area contributed by atoms with Crippen molar-refractivity contribution in [2.24, 2.45) is 0 Å². The van der Waals surface area contributed by atoms with Gasteiger partial charge >= 0.3 is 0 Å². The van der Waals surface area contributed by atoms with Gasteiger partial charge in [0.1, 0.15) is 0 Å². The number of hydrogen-bond acceptors (Lipinski definition) is 3. The molecular weight excluding hydrogens is 314 g/mol. The molecule has 5 nitrogen and oxygen atoms in total. The number of hydrogen-bond donors (Lipinski definition) is 1. The first-order valence-corrected chi connectivity index (χ1v) is 9.07. The maximum atomic E-state index is 12.8. The Balaban J connectivity index is 2.05. The van der Waals surface area contributed by atoms with E-state index in [-0.39, 0.29) is 23.9 Å². The summed E-state index contributed by atoms with van der Waals surface area (Å²) in [6, 6.07) is 8.47. The second-order valence-electron chi connectivity index (χ2n) is 7.38. The van der Waals surface area contributed by atoms with Crippen LogP contribution in [0.2, 0.25) is 0 Å². The zero-order chi connectivity index (χ0) is 18.6. The van der Waals surface area contributed by atoms with E-state index in [0.29, 0.717) is 12.5 Å². The predicted octanol–water partition coefficient (Wildman–Crippen LogP) is 2.50. The van der Waals surface area contributed by atoms with Crippen LogP contribution in [0.25, 0.3) is 0 Å². The minimum absolute atomic E-state index is 0.0843. The molecule has 0 spiro atoms. The molecule has 0 bridgehead atoms. The largest absolute Gasteiger partial charge is 0.349 e. The van der Waals surface area contributed by atoms with Crippen molar-refractivity contribution in [2.45, 2.75) is 58.2 Å².